The van der Waals surface area contributed by atoms with E-state index in [2.05, 4.69) is 10.3 Å². The number of carboxylic acids is 1. The van der Waals surface area contributed by atoms with Gasteiger partial charge in [0.15, 0.2) is 0 Å². The van der Waals surface area contributed by atoms with Crippen molar-refractivity contribution in [3.63, 3.8) is 0 Å². The number of pyridine rings is 1. The molecule has 0 unspecified atom stereocenters. The van der Waals surface area contributed by atoms with E-state index in [0.717, 1.165) is 0 Å². The summed E-state index contributed by atoms with van der Waals surface area (Å²) in [6.07, 6.45) is 1.34. The van der Waals surface area contributed by atoms with Gasteiger partial charge in [0, 0.05) is 6.20 Å². The molecule has 1 aromatic rings. The molecule has 0 aliphatic heterocycles. The molecule has 0 radical (unpaired) electrons. The predicted octanol–water partition coefficient (Wildman–Crippen LogP) is 2.13. The molecule has 5 nitrogen and oxygen atoms in total. The number of aliphatic carboxylic acids is 1. The summed E-state index contributed by atoms with van der Waals surface area (Å²) in [5.74, 6) is -0.810. The van der Waals surface area contributed by atoms with Crippen LogP contribution >= 0.6 is 11.6 Å². The van der Waals surface area contributed by atoms with Crippen molar-refractivity contribution in [1.29, 1.82) is 5.26 Å². The van der Waals surface area contributed by atoms with Crippen molar-refractivity contribution in [1.82, 2.24) is 4.98 Å². The zero-order valence-corrected chi connectivity index (χ0v) is 10.2. The van der Waals surface area contributed by atoms with Crippen LogP contribution < -0.4 is 5.32 Å². The van der Waals surface area contributed by atoms with Crippen LogP contribution in [0.5, 0.6) is 0 Å². The van der Waals surface area contributed by atoms with Crippen LogP contribution in [0, 0.1) is 17.2 Å². The van der Waals surface area contributed by atoms with Gasteiger partial charge in [-0.1, -0.05) is 25.4 Å². The Hall–Kier alpha value is -1.80. The third-order valence-corrected chi connectivity index (χ3v) is 2.48. The lowest BCUT2D eigenvalue weighted by Crippen LogP contribution is -2.34. The van der Waals surface area contributed by atoms with Gasteiger partial charge in [0.25, 0.3) is 0 Å². The molecule has 0 aliphatic carbocycles. The molecule has 1 atom stereocenters. The van der Waals surface area contributed by atoms with Crippen molar-refractivity contribution < 1.29 is 9.90 Å². The van der Waals surface area contributed by atoms with Crippen LogP contribution in [-0.2, 0) is 4.79 Å². The maximum atomic E-state index is 11.0. The monoisotopic (exact) mass is 253 g/mol. The number of hydrogen-bond acceptors (Lipinski definition) is 4. The molecule has 0 aromatic carbocycles. The quantitative estimate of drug-likeness (QED) is 0.858. The number of carbonyl (C=O) groups is 1. The molecule has 90 valence electrons. The zero-order valence-electron chi connectivity index (χ0n) is 9.44. The summed E-state index contributed by atoms with van der Waals surface area (Å²) in [6, 6.07) is 2.57. The Labute approximate surface area is 104 Å². The van der Waals surface area contributed by atoms with Crippen molar-refractivity contribution in [2.45, 2.75) is 19.9 Å². The van der Waals surface area contributed by atoms with Gasteiger partial charge < -0.3 is 10.4 Å². The summed E-state index contributed by atoms with van der Waals surface area (Å²) in [5, 5.41) is 20.6. The maximum Gasteiger partial charge on any atom is 0.326 e. The van der Waals surface area contributed by atoms with Crippen molar-refractivity contribution in [3.05, 3.63) is 22.8 Å². The topological polar surface area (TPSA) is 86.0 Å². The summed E-state index contributed by atoms with van der Waals surface area (Å²) in [5.41, 5.74) is 0.331. The molecule has 17 heavy (non-hydrogen) atoms. The summed E-state index contributed by atoms with van der Waals surface area (Å²) in [4.78, 5) is 14.9. The van der Waals surface area contributed by atoms with E-state index in [1.54, 1.807) is 13.8 Å². The Bertz CT molecular complexity index is 468. The standard InChI is InChI=1S/C11H12ClN3O2/c1-6(2)9(11(16)17)15-10-8(12)3-7(4-13)5-14-10/h3,5-6,9H,1-2H3,(H,14,15)(H,16,17)/t9-/m1/s1. The van der Waals surface area contributed by atoms with Gasteiger partial charge in [-0.05, 0) is 12.0 Å². The van der Waals surface area contributed by atoms with Crippen LogP contribution in [0.4, 0.5) is 5.82 Å². The summed E-state index contributed by atoms with van der Waals surface area (Å²) in [6.45, 7) is 3.56. The van der Waals surface area contributed by atoms with Gasteiger partial charge in [-0.15, -0.1) is 0 Å². The molecule has 1 heterocycles. The highest BCUT2D eigenvalue weighted by atomic mass is 35.5. The minimum Gasteiger partial charge on any atom is -0.480 e. The van der Waals surface area contributed by atoms with Gasteiger partial charge in [-0.25, -0.2) is 9.78 Å². The Kier molecular flexibility index (Phi) is 4.30. The lowest BCUT2D eigenvalue weighted by molar-refractivity contribution is -0.138. The minimum absolute atomic E-state index is 0.110. The number of nitriles is 1. The van der Waals surface area contributed by atoms with Crippen LogP contribution in [0.15, 0.2) is 12.3 Å². The van der Waals surface area contributed by atoms with Crippen LogP contribution in [0.25, 0.3) is 0 Å². The third kappa shape index (κ3) is 3.33. The summed E-state index contributed by atoms with van der Waals surface area (Å²) < 4.78 is 0. The SMILES string of the molecule is CC(C)[C@@H](Nc1ncc(C#N)cc1Cl)C(=O)O. The molecule has 6 heteroatoms. The Morgan fingerprint density at radius 3 is 2.71 bits per heavy atom. The van der Waals surface area contributed by atoms with E-state index in [1.165, 1.54) is 12.3 Å². The molecule has 1 rings (SSSR count). The van der Waals surface area contributed by atoms with E-state index < -0.39 is 12.0 Å². The van der Waals surface area contributed by atoms with Crippen LogP contribution in [0.2, 0.25) is 5.02 Å². The predicted molar refractivity (Wildman–Crippen MR) is 63.8 cm³/mol. The van der Waals surface area contributed by atoms with Gasteiger partial charge in [0.05, 0.1) is 10.6 Å². The molecular weight excluding hydrogens is 242 g/mol. The summed E-state index contributed by atoms with van der Waals surface area (Å²) >= 11 is 5.89. The highest BCUT2D eigenvalue weighted by Gasteiger charge is 2.22. The number of hydrogen-bond donors (Lipinski definition) is 2. The van der Waals surface area contributed by atoms with Gasteiger partial charge in [-0.2, -0.15) is 5.26 Å². The zero-order chi connectivity index (χ0) is 13.0. The molecule has 2 N–H and O–H groups in total. The van der Waals surface area contributed by atoms with E-state index in [0.29, 0.717) is 5.56 Å². The van der Waals surface area contributed by atoms with Gasteiger partial charge in [0.2, 0.25) is 0 Å². The summed E-state index contributed by atoms with van der Waals surface area (Å²) in [7, 11) is 0. The highest BCUT2D eigenvalue weighted by molar-refractivity contribution is 6.33. The van der Waals surface area contributed by atoms with Crippen molar-refractivity contribution >= 4 is 23.4 Å². The second-order valence-electron chi connectivity index (χ2n) is 3.87. The second-order valence-corrected chi connectivity index (χ2v) is 4.28. The number of carboxylic acid groups (broad SMARTS) is 1. The first-order valence-electron chi connectivity index (χ1n) is 5.00. The maximum absolute atomic E-state index is 11.0. The van der Waals surface area contributed by atoms with Gasteiger partial charge in [-0.3, -0.25) is 0 Å². The molecule has 0 aliphatic rings. The van der Waals surface area contributed by atoms with Crippen LogP contribution in [0.3, 0.4) is 0 Å². The first kappa shape index (κ1) is 13.3. The first-order chi connectivity index (χ1) is 7.95. The molecule has 0 saturated heterocycles. The van der Waals surface area contributed by atoms with E-state index in [1.807, 2.05) is 6.07 Å². The number of nitrogens with one attached hydrogen (secondary N) is 1. The van der Waals surface area contributed by atoms with Crippen LogP contribution in [0.1, 0.15) is 19.4 Å². The third-order valence-electron chi connectivity index (χ3n) is 2.20. The van der Waals surface area contributed by atoms with Crippen LogP contribution in [-0.4, -0.2) is 22.1 Å². The first-order valence-corrected chi connectivity index (χ1v) is 5.38. The lowest BCUT2D eigenvalue weighted by atomic mass is 10.1. The molecule has 0 spiro atoms. The van der Waals surface area contributed by atoms with E-state index in [-0.39, 0.29) is 16.8 Å². The van der Waals surface area contributed by atoms with Crippen molar-refractivity contribution in [3.8, 4) is 6.07 Å². The lowest BCUT2D eigenvalue weighted by Gasteiger charge is -2.19. The Balaban J connectivity index is 2.95. The fourth-order valence-electron chi connectivity index (χ4n) is 1.27. The van der Waals surface area contributed by atoms with E-state index >= 15 is 0 Å². The smallest absolute Gasteiger partial charge is 0.326 e. The molecule has 0 bridgehead atoms. The second kappa shape index (κ2) is 5.51. The van der Waals surface area contributed by atoms with E-state index in [4.69, 9.17) is 22.0 Å². The molecule has 0 amide bonds. The number of halogens is 1. The molecular formula is C11H12ClN3O2. The molecule has 1 aromatic heterocycles. The Morgan fingerprint density at radius 1 is 1.65 bits per heavy atom. The number of anilines is 1. The minimum atomic E-state index is -0.970. The average Bonchev–Trinajstić information content (AvgIpc) is 2.26. The number of rotatable bonds is 4. The molecule has 0 saturated carbocycles. The largest absolute Gasteiger partial charge is 0.480 e. The normalized spacial score (nSPS) is 11.9. The fraction of sp³-hybridized carbons (Fsp3) is 0.364. The number of nitrogens with zero attached hydrogens (tertiary/aromatic N) is 2. The van der Waals surface area contributed by atoms with Gasteiger partial charge >= 0.3 is 5.97 Å². The van der Waals surface area contributed by atoms with E-state index in [9.17, 15) is 4.79 Å². The fourth-order valence-corrected chi connectivity index (χ4v) is 1.49. The highest BCUT2D eigenvalue weighted by Crippen LogP contribution is 2.21. The molecule has 0 fully saturated rings. The van der Waals surface area contributed by atoms with Crippen molar-refractivity contribution in [2.75, 3.05) is 5.32 Å². The Morgan fingerprint density at radius 2 is 2.29 bits per heavy atom. The number of aromatic nitrogens is 1. The van der Waals surface area contributed by atoms with Crippen molar-refractivity contribution in [2.24, 2.45) is 5.92 Å². The van der Waals surface area contributed by atoms with Gasteiger partial charge in [0.1, 0.15) is 17.9 Å². The average molecular weight is 254 g/mol.